The number of carbonyl (C=O) groups excluding carboxylic acids is 1. The van der Waals surface area contributed by atoms with E-state index in [0.717, 1.165) is 12.2 Å². The van der Waals surface area contributed by atoms with E-state index in [0.29, 0.717) is 17.7 Å². The first-order valence-electron chi connectivity index (χ1n) is 8.51. The third kappa shape index (κ3) is 6.75. The van der Waals surface area contributed by atoms with Crippen molar-refractivity contribution >= 4 is 12.1 Å². The van der Waals surface area contributed by atoms with Gasteiger partial charge in [0.25, 0.3) is 5.91 Å². The molecule has 132 valence electrons. The maximum atomic E-state index is 12.8. The van der Waals surface area contributed by atoms with Crippen molar-refractivity contribution < 1.29 is 13.9 Å². The number of rotatable bonds is 9. The Bertz CT molecular complexity index is 682. The highest BCUT2D eigenvalue weighted by Crippen LogP contribution is 2.13. The van der Waals surface area contributed by atoms with E-state index in [2.05, 4.69) is 17.5 Å². The fraction of sp³-hybridized carbons (Fsp3) is 0.300. The van der Waals surface area contributed by atoms with Gasteiger partial charge in [0.1, 0.15) is 11.6 Å². The Kier molecular flexibility index (Phi) is 7.63. The average molecular weight is 342 g/mol. The van der Waals surface area contributed by atoms with Gasteiger partial charge in [-0.2, -0.15) is 5.10 Å². The fourth-order valence-corrected chi connectivity index (χ4v) is 2.20. The van der Waals surface area contributed by atoms with Crippen LogP contribution >= 0.6 is 0 Å². The Morgan fingerprint density at radius 1 is 1.08 bits per heavy atom. The summed E-state index contributed by atoms with van der Waals surface area (Å²) in [6.45, 7) is 2.86. The molecule has 2 aromatic carbocycles. The summed E-state index contributed by atoms with van der Waals surface area (Å²) in [7, 11) is 0. The molecule has 0 bridgehead atoms. The molecule has 0 aliphatic carbocycles. The molecule has 5 heteroatoms. The van der Waals surface area contributed by atoms with Crippen LogP contribution in [0.4, 0.5) is 4.39 Å². The molecule has 0 heterocycles. The number of carbonyl (C=O) groups is 1. The van der Waals surface area contributed by atoms with Crippen LogP contribution in [0.15, 0.2) is 53.6 Å². The molecule has 0 radical (unpaired) electrons. The molecule has 2 aromatic rings. The minimum atomic E-state index is -0.312. The lowest BCUT2D eigenvalue weighted by Crippen LogP contribution is -2.17. The van der Waals surface area contributed by atoms with Crippen LogP contribution in [-0.2, 0) is 0 Å². The first kappa shape index (κ1) is 18.6. The van der Waals surface area contributed by atoms with Gasteiger partial charge in [-0.15, -0.1) is 0 Å². The van der Waals surface area contributed by atoms with Gasteiger partial charge in [0.05, 0.1) is 12.8 Å². The molecular formula is C20H23FN2O2. The summed E-state index contributed by atoms with van der Waals surface area (Å²) in [5, 5.41) is 3.87. The Morgan fingerprint density at radius 2 is 1.80 bits per heavy atom. The minimum Gasteiger partial charge on any atom is -0.494 e. The van der Waals surface area contributed by atoms with Crippen molar-refractivity contribution in [1.82, 2.24) is 5.43 Å². The second kappa shape index (κ2) is 10.2. The van der Waals surface area contributed by atoms with Gasteiger partial charge in [0.15, 0.2) is 0 Å². The molecule has 0 fully saturated rings. The van der Waals surface area contributed by atoms with E-state index >= 15 is 0 Å². The van der Waals surface area contributed by atoms with Gasteiger partial charge < -0.3 is 4.74 Å². The highest BCUT2D eigenvalue weighted by molar-refractivity contribution is 5.94. The third-order valence-electron chi connectivity index (χ3n) is 3.63. The molecule has 2 rings (SSSR count). The second-order valence-corrected chi connectivity index (χ2v) is 5.68. The summed E-state index contributed by atoms with van der Waals surface area (Å²) < 4.78 is 18.4. The average Bonchev–Trinajstić information content (AvgIpc) is 2.63. The van der Waals surface area contributed by atoms with E-state index in [1.165, 1.54) is 37.6 Å². The molecule has 0 aromatic heterocycles. The summed E-state index contributed by atoms with van der Waals surface area (Å²) in [4.78, 5) is 12.0. The van der Waals surface area contributed by atoms with Crippen LogP contribution in [0.3, 0.4) is 0 Å². The SMILES string of the molecule is CCCCCCOc1ccc(C(=O)NN=Cc2ccc(F)cc2)cc1. The number of hydrazone groups is 1. The lowest BCUT2D eigenvalue weighted by atomic mass is 10.2. The van der Waals surface area contributed by atoms with Crippen molar-refractivity contribution in [2.75, 3.05) is 6.61 Å². The molecule has 1 N–H and O–H groups in total. The zero-order chi connectivity index (χ0) is 17.9. The summed E-state index contributed by atoms with van der Waals surface area (Å²) in [5.74, 6) is 0.129. The Hall–Kier alpha value is -2.69. The van der Waals surface area contributed by atoms with Crippen molar-refractivity contribution in [2.45, 2.75) is 32.6 Å². The van der Waals surface area contributed by atoms with Crippen LogP contribution in [0, 0.1) is 5.82 Å². The molecule has 0 spiro atoms. The fourth-order valence-electron chi connectivity index (χ4n) is 2.20. The van der Waals surface area contributed by atoms with Crippen molar-refractivity contribution in [3.8, 4) is 5.75 Å². The predicted molar refractivity (Wildman–Crippen MR) is 97.5 cm³/mol. The normalized spacial score (nSPS) is 10.8. The van der Waals surface area contributed by atoms with Gasteiger partial charge >= 0.3 is 0 Å². The summed E-state index contributed by atoms with van der Waals surface area (Å²) in [6.07, 6.45) is 6.09. The van der Waals surface area contributed by atoms with Crippen LogP contribution in [0.25, 0.3) is 0 Å². The van der Waals surface area contributed by atoms with Gasteiger partial charge in [0.2, 0.25) is 0 Å². The van der Waals surface area contributed by atoms with E-state index in [9.17, 15) is 9.18 Å². The molecule has 25 heavy (non-hydrogen) atoms. The lowest BCUT2D eigenvalue weighted by molar-refractivity contribution is 0.0955. The van der Waals surface area contributed by atoms with Crippen molar-refractivity contribution in [2.24, 2.45) is 5.10 Å². The quantitative estimate of drug-likeness (QED) is 0.413. The number of nitrogens with one attached hydrogen (secondary N) is 1. The van der Waals surface area contributed by atoms with Gasteiger partial charge in [-0.25, -0.2) is 9.82 Å². The molecule has 0 saturated heterocycles. The first-order valence-corrected chi connectivity index (χ1v) is 8.51. The molecule has 0 aliphatic heterocycles. The van der Waals surface area contributed by atoms with Gasteiger partial charge in [0, 0.05) is 5.56 Å². The van der Waals surface area contributed by atoms with Crippen molar-refractivity contribution in [3.05, 3.63) is 65.5 Å². The second-order valence-electron chi connectivity index (χ2n) is 5.68. The zero-order valence-corrected chi connectivity index (χ0v) is 14.4. The van der Waals surface area contributed by atoms with E-state index in [1.807, 2.05) is 0 Å². The Labute approximate surface area is 147 Å². The van der Waals surface area contributed by atoms with Crippen LogP contribution in [0.5, 0.6) is 5.75 Å². The molecular weight excluding hydrogens is 319 g/mol. The molecule has 0 saturated carbocycles. The van der Waals surface area contributed by atoms with Crippen LogP contribution < -0.4 is 10.2 Å². The van der Waals surface area contributed by atoms with E-state index in [1.54, 1.807) is 36.4 Å². The maximum absolute atomic E-state index is 12.8. The smallest absolute Gasteiger partial charge is 0.271 e. The van der Waals surface area contributed by atoms with Crippen molar-refractivity contribution in [1.29, 1.82) is 0 Å². The standard InChI is InChI=1S/C20H23FN2O2/c1-2-3-4-5-14-25-19-12-8-17(9-13-19)20(24)23-22-15-16-6-10-18(21)11-7-16/h6-13,15H,2-5,14H2,1H3,(H,23,24). The van der Waals surface area contributed by atoms with Gasteiger partial charge in [-0.3, -0.25) is 4.79 Å². The molecule has 0 aliphatic rings. The van der Waals surface area contributed by atoms with Crippen molar-refractivity contribution in [3.63, 3.8) is 0 Å². The molecule has 4 nitrogen and oxygen atoms in total. The zero-order valence-electron chi connectivity index (χ0n) is 14.4. The highest BCUT2D eigenvalue weighted by Gasteiger charge is 2.04. The molecule has 0 atom stereocenters. The summed E-state index contributed by atoms with van der Waals surface area (Å²) in [5.41, 5.74) is 3.64. The summed E-state index contributed by atoms with van der Waals surface area (Å²) in [6, 6.07) is 12.8. The number of benzene rings is 2. The number of hydrogen-bond donors (Lipinski definition) is 1. The number of ether oxygens (including phenoxy) is 1. The van der Waals surface area contributed by atoms with E-state index in [4.69, 9.17) is 4.74 Å². The lowest BCUT2D eigenvalue weighted by Gasteiger charge is -2.06. The van der Waals surface area contributed by atoms with E-state index < -0.39 is 0 Å². The highest BCUT2D eigenvalue weighted by atomic mass is 19.1. The Balaban J connectivity index is 1.78. The largest absolute Gasteiger partial charge is 0.494 e. The Morgan fingerprint density at radius 3 is 2.48 bits per heavy atom. The third-order valence-corrected chi connectivity index (χ3v) is 3.63. The number of halogens is 1. The molecule has 1 amide bonds. The van der Waals surface area contributed by atoms with E-state index in [-0.39, 0.29) is 11.7 Å². The number of amides is 1. The monoisotopic (exact) mass is 342 g/mol. The minimum absolute atomic E-state index is 0.311. The number of nitrogens with zero attached hydrogens (tertiary/aromatic N) is 1. The number of hydrogen-bond acceptors (Lipinski definition) is 3. The maximum Gasteiger partial charge on any atom is 0.271 e. The van der Waals surface area contributed by atoms with Gasteiger partial charge in [-0.05, 0) is 48.4 Å². The van der Waals surface area contributed by atoms with Gasteiger partial charge in [-0.1, -0.05) is 38.3 Å². The van der Waals surface area contributed by atoms with Crippen LogP contribution in [0.1, 0.15) is 48.5 Å². The molecule has 0 unspecified atom stereocenters. The van der Waals surface area contributed by atoms with Crippen LogP contribution in [0.2, 0.25) is 0 Å². The predicted octanol–water partition coefficient (Wildman–Crippen LogP) is 4.55. The summed E-state index contributed by atoms with van der Waals surface area (Å²) >= 11 is 0. The topological polar surface area (TPSA) is 50.7 Å². The van der Waals surface area contributed by atoms with Crippen LogP contribution in [-0.4, -0.2) is 18.7 Å². The number of unbranched alkanes of at least 4 members (excludes halogenated alkanes) is 3. The first-order chi connectivity index (χ1) is 12.2.